The number of pyridine rings is 1. The van der Waals surface area contributed by atoms with Gasteiger partial charge in [0.1, 0.15) is 11.1 Å². The van der Waals surface area contributed by atoms with Crippen molar-refractivity contribution in [3.8, 4) is 11.5 Å². The predicted molar refractivity (Wildman–Crippen MR) is 108 cm³/mol. The van der Waals surface area contributed by atoms with Crippen LogP contribution >= 0.6 is 39.3 Å². The van der Waals surface area contributed by atoms with Crippen molar-refractivity contribution >= 4 is 44.5 Å². The molecule has 4 rings (SSSR count). The van der Waals surface area contributed by atoms with Gasteiger partial charge < -0.3 is 14.7 Å². The lowest BCUT2D eigenvalue weighted by atomic mass is 9.96. The summed E-state index contributed by atoms with van der Waals surface area (Å²) in [6.07, 6.45) is 1.78. The summed E-state index contributed by atoms with van der Waals surface area (Å²) < 4.78 is 5.98. The van der Waals surface area contributed by atoms with E-state index in [0.717, 1.165) is 23.0 Å². The second-order valence-corrected chi connectivity index (χ2v) is 8.86. The van der Waals surface area contributed by atoms with Crippen molar-refractivity contribution in [3.63, 3.8) is 0 Å². The Kier molecular flexibility index (Phi) is 4.79. The van der Waals surface area contributed by atoms with Crippen molar-refractivity contribution in [2.45, 2.75) is 24.3 Å². The highest BCUT2D eigenvalue weighted by molar-refractivity contribution is 9.10. The van der Waals surface area contributed by atoms with Crippen molar-refractivity contribution in [3.05, 3.63) is 51.2 Å². The number of halogens is 2. The second-order valence-electron chi connectivity index (χ2n) is 6.28. The van der Waals surface area contributed by atoms with Gasteiger partial charge in [0, 0.05) is 22.5 Å². The number of aromatic nitrogens is 1. The van der Waals surface area contributed by atoms with Gasteiger partial charge in [-0.1, -0.05) is 36.4 Å². The minimum atomic E-state index is -0.146. The number of phenolic OH excluding ortho intramolecular Hbond substituents is 1. The SMILES string of the molecule is COc1cc([C@@H]2[C@H](c3ccccn3)N=C3S[C@@H](C)CN32)c(Br)c(Cl)c1O. The lowest BCUT2D eigenvalue weighted by Gasteiger charge is -2.29. The molecule has 0 bridgehead atoms. The first-order chi connectivity index (χ1) is 12.5. The van der Waals surface area contributed by atoms with Crippen LogP contribution in [-0.2, 0) is 0 Å². The monoisotopic (exact) mass is 453 g/mol. The molecule has 1 fully saturated rings. The van der Waals surface area contributed by atoms with E-state index in [9.17, 15) is 5.11 Å². The fourth-order valence-corrected chi connectivity index (χ4v) is 5.27. The number of aliphatic imine (C=N–C) groups is 1. The molecular formula is C18H17BrClN3O2S. The molecule has 1 N–H and O–H groups in total. The van der Waals surface area contributed by atoms with E-state index in [1.807, 2.05) is 24.3 Å². The number of benzene rings is 1. The number of thioether (sulfide) groups is 1. The molecule has 0 spiro atoms. The molecule has 0 aliphatic carbocycles. The lowest BCUT2D eigenvalue weighted by Crippen LogP contribution is -2.29. The molecule has 1 saturated heterocycles. The van der Waals surface area contributed by atoms with E-state index in [4.69, 9.17) is 21.3 Å². The molecule has 26 heavy (non-hydrogen) atoms. The van der Waals surface area contributed by atoms with Gasteiger partial charge in [0.15, 0.2) is 16.7 Å². The summed E-state index contributed by atoms with van der Waals surface area (Å²) in [5, 5.41) is 11.9. The minimum Gasteiger partial charge on any atom is -0.503 e. The van der Waals surface area contributed by atoms with Gasteiger partial charge in [-0.05, 0) is 39.7 Å². The fraction of sp³-hybridized carbons (Fsp3) is 0.333. The molecule has 2 aliphatic rings. The number of amidine groups is 1. The average Bonchev–Trinajstić information content (AvgIpc) is 3.17. The fourth-order valence-electron chi connectivity index (χ4n) is 3.44. The molecule has 0 amide bonds. The first kappa shape index (κ1) is 17.9. The van der Waals surface area contributed by atoms with Crippen LogP contribution in [0, 0.1) is 0 Å². The Labute approximate surface area is 169 Å². The number of nitrogens with zero attached hydrogens (tertiary/aromatic N) is 3. The Morgan fingerprint density at radius 2 is 2.23 bits per heavy atom. The molecule has 0 unspecified atom stereocenters. The maximum atomic E-state index is 10.2. The first-order valence-corrected chi connectivity index (χ1v) is 10.2. The third-order valence-electron chi connectivity index (χ3n) is 4.59. The van der Waals surface area contributed by atoms with Gasteiger partial charge in [0.05, 0.1) is 18.8 Å². The molecule has 0 radical (unpaired) electrons. The molecule has 2 aliphatic heterocycles. The number of phenols is 1. The summed E-state index contributed by atoms with van der Waals surface area (Å²) in [6, 6.07) is 7.47. The van der Waals surface area contributed by atoms with Crippen LogP contribution in [0.1, 0.15) is 30.3 Å². The van der Waals surface area contributed by atoms with Gasteiger partial charge in [-0.25, -0.2) is 0 Å². The van der Waals surface area contributed by atoms with E-state index >= 15 is 0 Å². The molecule has 3 heterocycles. The third-order valence-corrected chi connectivity index (χ3v) is 7.15. The smallest absolute Gasteiger partial charge is 0.177 e. The lowest BCUT2D eigenvalue weighted by molar-refractivity contribution is 0.317. The van der Waals surface area contributed by atoms with Gasteiger partial charge in [0.25, 0.3) is 0 Å². The molecule has 5 nitrogen and oxygen atoms in total. The summed E-state index contributed by atoms with van der Waals surface area (Å²) in [6.45, 7) is 3.09. The van der Waals surface area contributed by atoms with E-state index < -0.39 is 0 Å². The number of fused-ring (bicyclic) bond motifs is 1. The summed E-state index contributed by atoms with van der Waals surface area (Å²) in [5.41, 5.74) is 1.83. The normalized spacial score (nSPS) is 24.5. The van der Waals surface area contributed by atoms with Crippen LogP contribution in [0.4, 0.5) is 0 Å². The summed E-state index contributed by atoms with van der Waals surface area (Å²) >= 11 is 11.7. The van der Waals surface area contributed by atoms with Crippen molar-refractivity contribution in [2.24, 2.45) is 4.99 Å². The molecule has 136 valence electrons. The molecule has 8 heteroatoms. The van der Waals surface area contributed by atoms with E-state index in [1.54, 1.807) is 18.0 Å². The van der Waals surface area contributed by atoms with E-state index in [0.29, 0.717) is 15.5 Å². The van der Waals surface area contributed by atoms with Crippen molar-refractivity contribution in [1.82, 2.24) is 9.88 Å². The Morgan fingerprint density at radius 1 is 1.42 bits per heavy atom. The Hall–Kier alpha value is -1.44. The maximum Gasteiger partial charge on any atom is 0.177 e. The largest absolute Gasteiger partial charge is 0.503 e. The van der Waals surface area contributed by atoms with Crippen molar-refractivity contribution < 1.29 is 9.84 Å². The van der Waals surface area contributed by atoms with Crippen molar-refractivity contribution in [1.29, 1.82) is 0 Å². The van der Waals surface area contributed by atoms with Crippen LogP contribution in [0.2, 0.25) is 5.02 Å². The molecule has 3 atom stereocenters. The van der Waals surface area contributed by atoms with Crippen LogP contribution in [0.5, 0.6) is 11.5 Å². The Balaban J connectivity index is 1.86. The summed E-state index contributed by atoms with van der Waals surface area (Å²) in [4.78, 5) is 11.8. The zero-order valence-electron chi connectivity index (χ0n) is 14.2. The highest BCUT2D eigenvalue weighted by Crippen LogP contribution is 2.52. The number of ether oxygens (including phenoxy) is 1. The van der Waals surface area contributed by atoms with Crippen LogP contribution in [0.15, 0.2) is 39.9 Å². The van der Waals surface area contributed by atoms with Gasteiger partial charge in [-0.3, -0.25) is 9.98 Å². The zero-order chi connectivity index (χ0) is 18.4. The number of aromatic hydroxyl groups is 1. The van der Waals surface area contributed by atoms with E-state index in [1.165, 1.54) is 7.11 Å². The number of rotatable bonds is 3. The molecule has 1 aromatic carbocycles. The van der Waals surface area contributed by atoms with Crippen LogP contribution in [-0.4, -0.2) is 39.1 Å². The maximum absolute atomic E-state index is 10.2. The number of hydrogen-bond donors (Lipinski definition) is 1. The van der Waals surface area contributed by atoms with E-state index in [2.05, 4.69) is 32.7 Å². The Morgan fingerprint density at radius 3 is 2.92 bits per heavy atom. The molecule has 1 aromatic heterocycles. The van der Waals surface area contributed by atoms with Crippen LogP contribution in [0.25, 0.3) is 0 Å². The van der Waals surface area contributed by atoms with Gasteiger partial charge in [0.2, 0.25) is 0 Å². The van der Waals surface area contributed by atoms with Crippen LogP contribution in [0.3, 0.4) is 0 Å². The summed E-state index contributed by atoms with van der Waals surface area (Å²) in [7, 11) is 1.52. The minimum absolute atomic E-state index is 0.0671. The summed E-state index contributed by atoms with van der Waals surface area (Å²) in [5.74, 6) is 0.281. The third kappa shape index (κ3) is 2.86. The second kappa shape index (κ2) is 6.94. The predicted octanol–water partition coefficient (Wildman–Crippen LogP) is 4.80. The van der Waals surface area contributed by atoms with E-state index in [-0.39, 0.29) is 22.9 Å². The molecule has 2 aromatic rings. The Bertz CT molecular complexity index is 880. The zero-order valence-corrected chi connectivity index (χ0v) is 17.3. The van der Waals surface area contributed by atoms with Crippen molar-refractivity contribution in [2.75, 3.05) is 13.7 Å². The molecule has 0 saturated carbocycles. The number of hydrogen-bond acceptors (Lipinski definition) is 6. The van der Waals surface area contributed by atoms with Crippen LogP contribution < -0.4 is 4.74 Å². The average molecular weight is 455 g/mol. The van der Waals surface area contributed by atoms with Gasteiger partial charge in [-0.15, -0.1) is 0 Å². The molecular weight excluding hydrogens is 438 g/mol. The van der Waals surface area contributed by atoms with Gasteiger partial charge in [-0.2, -0.15) is 0 Å². The standard InChI is InChI=1S/C18H17BrClN3O2S/c1-9-8-23-16(10-7-12(25-2)17(24)14(20)13(10)19)15(22-18(23)26-9)11-5-3-4-6-21-11/h3-7,9,15-16,24H,8H2,1-2H3/t9-,15-,16+/m0/s1. The highest BCUT2D eigenvalue weighted by Gasteiger charge is 2.44. The van der Waals surface area contributed by atoms with Gasteiger partial charge >= 0.3 is 0 Å². The highest BCUT2D eigenvalue weighted by atomic mass is 79.9. The quantitative estimate of drug-likeness (QED) is 0.722. The first-order valence-electron chi connectivity index (χ1n) is 8.18. The topological polar surface area (TPSA) is 58.0 Å². The number of methoxy groups -OCH3 is 1.